The summed E-state index contributed by atoms with van der Waals surface area (Å²) in [6.07, 6.45) is -3.33. The van der Waals surface area contributed by atoms with E-state index in [1.54, 1.807) is 6.92 Å². The number of rotatable bonds is 5. The maximum absolute atomic E-state index is 13.3. The number of anilines is 2. The molecule has 0 aliphatic carbocycles. The van der Waals surface area contributed by atoms with Gasteiger partial charge in [-0.1, -0.05) is 5.16 Å². The number of halogens is 3. The van der Waals surface area contributed by atoms with Crippen molar-refractivity contribution in [2.45, 2.75) is 19.6 Å². The molecule has 0 aliphatic heterocycles. The standard InChI is InChI=1S/C16H13F3N4O3/c1-9-21-14(26-23-9)8-20-12-5-4-10(7-11(12)16(17,18)19)22-15(24)13-3-2-6-25-13/h2-7,20H,8H2,1H3,(H,22,24). The van der Waals surface area contributed by atoms with Gasteiger partial charge in [-0.2, -0.15) is 18.2 Å². The highest BCUT2D eigenvalue weighted by molar-refractivity contribution is 6.02. The first-order valence-electron chi connectivity index (χ1n) is 7.42. The average Bonchev–Trinajstić information content (AvgIpc) is 3.24. The highest BCUT2D eigenvalue weighted by atomic mass is 19.4. The predicted octanol–water partition coefficient (Wildman–Crippen LogP) is 3.85. The van der Waals surface area contributed by atoms with E-state index >= 15 is 0 Å². The van der Waals surface area contributed by atoms with Crippen molar-refractivity contribution in [2.75, 3.05) is 10.6 Å². The molecule has 0 fully saturated rings. The molecule has 1 amide bonds. The van der Waals surface area contributed by atoms with E-state index in [1.807, 2.05) is 0 Å². The van der Waals surface area contributed by atoms with Crippen LogP contribution in [0, 0.1) is 6.92 Å². The van der Waals surface area contributed by atoms with Gasteiger partial charge in [0.15, 0.2) is 11.6 Å². The van der Waals surface area contributed by atoms with Crippen molar-refractivity contribution in [3.63, 3.8) is 0 Å². The minimum absolute atomic E-state index is 0.00692. The van der Waals surface area contributed by atoms with E-state index in [0.29, 0.717) is 5.82 Å². The Kier molecular flexibility index (Phi) is 4.65. The molecule has 0 saturated heterocycles. The fourth-order valence-electron chi connectivity index (χ4n) is 2.19. The highest BCUT2D eigenvalue weighted by Crippen LogP contribution is 2.36. The second-order valence-electron chi connectivity index (χ2n) is 5.28. The lowest BCUT2D eigenvalue weighted by molar-refractivity contribution is -0.136. The van der Waals surface area contributed by atoms with E-state index in [-0.39, 0.29) is 29.6 Å². The Morgan fingerprint density at radius 2 is 2.08 bits per heavy atom. The van der Waals surface area contributed by atoms with Crippen LogP contribution >= 0.6 is 0 Å². The number of furan rings is 1. The van der Waals surface area contributed by atoms with Crippen LogP contribution < -0.4 is 10.6 Å². The highest BCUT2D eigenvalue weighted by Gasteiger charge is 2.34. The molecule has 0 saturated carbocycles. The molecule has 136 valence electrons. The van der Waals surface area contributed by atoms with Crippen LogP contribution in [0.4, 0.5) is 24.5 Å². The van der Waals surface area contributed by atoms with Gasteiger partial charge < -0.3 is 19.6 Å². The number of carbonyl (C=O) groups excluding carboxylic acids is 1. The number of hydrogen-bond acceptors (Lipinski definition) is 6. The van der Waals surface area contributed by atoms with Gasteiger partial charge in [-0.3, -0.25) is 4.79 Å². The first-order chi connectivity index (χ1) is 12.3. The molecule has 0 atom stereocenters. The number of alkyl halides is 3. The monoisotopic (exact) mass is 366 g/mol. The number of aryl methyl sites for hydroxylation is 1. The predicted molar refractivity (Wildman–Crippen MR) is 84.5 cm³/mol. The van der Waals surface area contributed by atoms with E-state index in [4.69, 9.17) is 8.94 Å². The van der Waals surface area contributed by atoms with Gasteiger partial charge in [-0.25, -0.2) is 0 Å². The number of carbonyl (C=O) groups is 1. The molecule has 26 heavy (non-hydrogen) atoms. The first-order valence-corrected chi connectivity index (χ1v) is 7.42. The van der Waals surface area contributed by atoms with Crippen molar-refractivity contribution in [1.82, 2.24) is 10.1 Å². The number of nitrogens with one attached hydrogen (secondary N) is 2. The van der Waals surface area contributed by atoms with E-state index in [0.717, 1.165) is 6.07 Å². The molecule has 10 heteroatoms. The van der Waals surface area contributed by atoms with Gasteiger partial charge >= 0.3 is 6.18 Å². The molecule has 1 aromatic carbocycles. The van der Waals surface area contributed by atoms with Crippen LogP contribution in [-0.4, -0.2) is 16.0 Å². The molecule has 2 aromatic heterocycles. The number of benzene rings is 1. The lowest BCUT2D eigenvalue weighted by Crippen LogP contribution is -2.14. The molecular formula is C16H13F3N4O3. The molecule has 0 unspecified atom stereocenters. The fourth-order valence-corrected chi connectivity index (χ4v) is 2.19. The third-order valence-corrected chi connectivity index (χ3v) is 3.33. The summed E-state index contributed by atoms with van der Waals surface area (Å²) in [6, 6.07) is 6.30. The first kappa shape index (κ1) is 17.5. The van der Waals surface area contributed by atoms with Gasteiger partial charge in [0.25, 0.3) is 5.91 Å². The summed E-state index contributed by atoms with van der Waals surface area (Å²) in [4.78, 5) is 15.8. The maximum atomic E-state index is 13.3. The topological polar surface area (TPSA) is 93.2 Å². The molecule has 2 heterocycles. The minimum atomic E-state index is -4.63. The Bertz CT molecular complexity index is 904. The van der Waals surface area contributed by atoms with Crippen molar-refractivity contribution in [3.8, 4) is 0 Å². The molecule has 2 N–H and O–H groups in total. The fraction of sp³-hybridized carbons (Fsp3) is 0.188. The summed E-state index contributed by atoms with van der Waals surface area (Å²) in [5.74, 6) is -0.114. The normalized spacial score (nSPS) is 11.4. The van der Waals surface area contributed by atoms with Crippen molar-refractivity contribution >= 4 is 17.3 Å². The van der Waals surface area contributed by atoms with Crippen LogP contribution in [0.2, 0.25) is 0 Å². The van der Waals surface area contributed by atoms with Crippen LogP contribution in [0.15, 0.2) is 45.5 Å². The summed E-state index contributed by atoms with van der Waals surface area (Å²) in [5.41, 5.74) is -1.13. The SMILES string of the molecule is Cc1noc(CNc2ccc(NC(=O)c3ccco3)cc2C(F)(F)F)n1. The zero-order chi connectivity index (χ0) is 18.7. The summed E-state index contributed by atoms with van der Waals surface area (Å²) < 4.78 is 49.8. The lowest BCUT2D eigenvalue weighted by Gasteiger charge is -2.15. The number of nitrogens with zero attached hydrogens (tertiary/aromatic N) is 2. The van der Waals surface area contributed by atoms with Crippen molar-refractivity contribution < 1.29 is 26.9 Å². The zero-order valence-electron chi connectivity index (χ0n) is 13.4. The number of amides is 1. The van der Waals surface area contributed by atoms with Crippen molar-refractivity contribution in [1.29, 1.82) is 0 Å². The Morgan fingerprint density at radius 1 is 1.27 bits per heavy atom. The lowest BCUT2D eigenvalue weighted by atomic mass is 10.1. The minimum Gasteiger partial charge on any atom is -0.459 e. The molecular weight excluding hydrogens is 353 g/mol. The quantitative estimate of drug-likeness (QED) is 0.712. The molecule has 0 bridgehead atoms. The van der Waals surface area contributed by atoms with E-state index < -0.39 is 17.6 Å². The van der Waals surface area contributed by atoms with Gasteiger partial charge in [0.1, 0.15) is 0 Å². The molecule has 0 aliphatic rings. The van der Waals surface area contributed by atoms with Crippen LogP contribution in [0.25, 0.3) is 0 Å². The molecule has 3 rings (SSSR count). The van der Waals surface area contributed by atoms with E-state index in [1.165, 1.54) is 30.5 Å². The smallest absolute Gasteiger partial charge is 0.418 e. The summed E-state index contributed by atoms with van der Waals surface area (Å²) >= 11 is 0. The van der Waals surface area contributed by atoms with E-state index in [2.05, 4.69) is 20.8 Å². The molecule has 0 radical (unpaired) electrons. The van der Waals surface area contributed by atoms with Crippen molar-refractivity contribution in [2.24, 2.45) is 0 Å². The summed E-state index contributed by atoms with van der Waals surface area (Å²) in [6.45, 7) is 1.53. The van der Waals surface area contributed by atoms with E-state index in [9.17, 15) is 18.0 Å². The number of hydrogen-bond donors (Lipinski definition) is 2. The van der Waals surface area contributed by atoms with Crippen LogP contribution in [-0.2, 0) is 12.7 Å². The Hall–Kier alpha value is -3.30. The van der Waals surface area contributed by atoms with Gasteiger partial charge in [0.2, 0.25) is 5.89 Å². The van der Waals surface area contributed by atoms with Crippen LogP contribution in [0.3, 0.4) is 0 Å². The van der Waals surface area contributed by atoms with Crippen LogP contribution in [0.1, 0.15) is 27.8 Å². The average molecular weight is 366 g/mol. The van der Waals surface area contributed by atoms with Gasteiger partial charge in [0.05, 0.1) is 18.4 Å². The number of aromatic nitrogens is 2. The molecule has 7 nitrogen and oxygen atoms in total. The molecule has 0 spiro atoms. The third-order valence-electron chi connectivity index (χ3n) is 3.33. The van der Waals surface area contributed by atoms with Crippen molar-refractivity contribution in [3.05, 3.63) is 59.6 Å². The van der Waals surface area contributed by atoms with Gasteiger partial charge in [0, 0.05) is 11.4 Å². The Balaban J connectivity index is 1.80. The maximum Gasteiger partial charge on any atom is 0.418 e. The van der Waals surface area contributed by atoms with Gasteiger partial charge in [-0.05, 0) is 37.3 Å². The second kappa shape index (κ2) is 6.90. The third kappa shape index (κ3) is 4.02. The second-order valence-corrected chi connectivity index (χ2v) is 5.28. The largest absolute Gasteiger partial charge is 0.459 e. The Labute approximate surface area is 145 Å². The summed E-state index contributed by atoms with van der Waals surface area (Å²) in [5, 5.41) is 8.54. The zero-order valence-corrected chi connectivity index (χ0v) is 13.4. The van der Waals surface area contributed by atoms with Gasteiger partial charge in [-0.15, -0.1) is 0 Å². The Morgan fingerprint density at radius 3 is 2.69 bits per heavy atom. The van der Waals surface area contributed by atoms with Crippen LogP contribution in [0.5, 0.6) is 0 Å². The molecule has 3 aromatic rings. The summed E-state index contributed by atoms with van der Waals surface area (Å²) in [7, 11) is 0.